The van der Waals surface area contributed by atoms with Gasteiger partial charge in [-0.05, 0) is 25.2 Å². The fourth-order valence-electron chi connectivity index (χ4n) is 1.46. The highest BCUT2D eigenvalue weighted by Crippen LogP contribution is 2.19. The molecule has 0 saturated heterocycles. The molecule has 78 valence electrons. The second-order valence-electron chi connectivity index (χ2n) is 3.23. The molecule has 0 aliphatic rings. The van der Waals surface area contributed by atoms with Crippen LogP contribution in [0.2, 0.25) is 0 Å². The molecule has 1 N–H and O–H groups in total. The number of thiophene rings is 1. The van der Waals surface area contributed by atoms with Crippen molar-refractivity contribution in [2.24, 2.45) is 0 Å². The average Bonchev–Trinajstić information content (AvgIpc) is 2.53. The van der Waals surface area contributed by atoms with E-state index in [1.165, 1.54) is 4.57 Å². The highest BCUT2D eigenvalue weighted by molar-refractivity contribution is 7.71. The third-order valence-corrected chi connectivity index (χ3v) is 3.40. The molecule has 0 fully saturated rings. The van der Waals surface area contributed by atoms with Gasteiger partial charge in [0.25, 0.3) is 5.56 Å². The molecule has 0 spiro atoms. The number of H-pyrrole nitrogens is 1. The summed E-state index contributed by atoms with van der Waals surface area (Å²) in [7, 11) is 0. The quantitative estimate of drug-likeness (QED) is 0.645. The van der Waals surface area contributed by atoms with Gasteiger partial charge in [-0.3, -0.25) is 9.36 Å². The van der Waals surface area contributed by atoms with E-state index in [9.17, 15) is 4.79 Å². The summed E-state index contributed by atoms with van der Waals surface area (Å²) in [5.41, 5.74) is -0.0435. The van der Waals surface area contributed by atoms with Crippen LogP contribution in [0.3, 0.4) is 0 Å². The maximum atomic E-state index is 12.0. The summed E-state index contributed by atoms with van der Waals surface area (Å²) < 4.78 is 1.96. The maximum Gasteiger partial charge on any atom is 0.263 e. The molecule has 5 heteroatoms. The van der Waals surface area contributed by atoms with Crippen LogP contribution in [-0.2, 0) is 6.54 Å². The van der Waals surface area contributed by atoms with E-state index in [1.807, 2.05) is 13.0 Å². The van der Waals surface area contributed by atoms with Gasteiger partial charge in [-0.2, -0.15) is 0 Å². The van der Waals surface area contributed by atoms with Gasteiger partial charge in [0.15, 0.2) is 4.77 Å². The molecule has 0 unspecified atom stereocenters. The lowest BCUT2D eigenvalue weighted by Crippen LogP contribution is -2.20. The lowest BCUT2D eigenvalue weighted by molar-refractivity contribution is 0.754. The fraction of sp³-hybridized carbons (Fsp3) is 0.200. The Morgan fingerprint density at radius 1 is 1.73 bits per heavy atom. The molecule has 2 rings (SSSR count). The number of rotatable bonds is 2. The molecule has 0 aromatic carbocycles. The molecule has 0 aliphatic heterocycles. The Kier molecular flexibility index (Phi) is 2.58. The number of nitrogens with one attached hydrogen (secondary N) is 1. The van der Waals surface area contributed by atoms with E-state index in [1.54, 1.807) is 17.4 Å². The predicted octanol–water partition coefficient (Wildman–Crippen LogP) is 2.62. The van der Waals surface area contributed by atoms with Crippen LogP contribution < -0.4 is 5.56 Å². The Hall–Kier alpha value is -1.20. The molecule has 0 atom stereocenters. The van der Waals surface area contributed by atoms with Crippen molar-refractivity contribution in [2.75, 3.05) is 0 Å². The molecule has 0 radical (unpaired) electrons. The van der Waals surface area contributed by atoms with E-state index in [0.29, 0.717) is 16.7 Å². The van der Waals surface area contributed by atoms with Gasteiger partial charge in [0, 0.05) is 11.4 Å². The van der Waals surface area contributed by atoms with Crippen molar-refractivity contribution < 1.29 is 0 Å². The summed E-state index contributed by atoms with van der Waals surface area (Å²) in [6, 6.07) is 1.88. The van der Waals surface area contributed by atoms with Crippen molar-refractivity contribution in [1.82, 2.24) is 9.55 Å². The van der Waals surface area contributed by atoms with Crippen LogP contribution in [0.1, 0.15) is 4.88 Å². The summed E-state index contributed by atoms with van der Waals surface area (Å²) in [5.74, 6) is 0. The summed E-state index contributed by atoms with van der Waals surface area (Å²) in [4.78, 5) is 17.0. The van der Waals surface area contributed by atoms with Crippen molar-refractivity contribution in [3.8, 4) is 0 Å². The molecule has 2 heterocycles. The number of hydrogen-bond acceptors (Lipinski definition) is 3. The lowest BCUT2D eigenvalue weighted by Gasteiger charge is -2.01. The second kappa shape index (κ2) is 3.75. The molecule has 0 aliphatic carbocycles. The third kappa shape index (κ3) is 1.68. The number of aromatic amines is 1. The Morgan fingerprint density at radius 3 is 3.13 bits per heavy atom. The number of nitrogens with zero attached hydrogens (tertiary/aromatic N) is 1. The number of aromatic nitrogens is 2. The first-order valence-corrected chi connectivity index (χ1v) is 5.70. The zero-order valence-electron chi connectivity index (χ0n) is 8.24. The topological polar surface area (TPSA) is 37.8 Å². The van der Waals surface area contributed by atoms with Crippen molar-refractivity contribution in [1.29, 1.82) is 0 Å². The number of allylic oxidation sites excluding steroid dienone is 1. The minimum atomic E-state index is -0.0435. The summed E-state index contributed by atoms with van der Waals surface area (Å²) in [6.07, 6.45) is 1.66. The summed E-state index contributed by atoms with van der Waals surface area (Å²) >= 11 is 6.65. The normalized spacial score (nSPS) is 10.7. The lowest BCUT2D eigenvalue weighted by atomic mass is 10.3. The minimum absolute atomic E-state index is 0.0435. The van der Waals surface area contributed by atoms with Crippen molar-refractivity contribution >= 4 is 33.8 Å². The number of hydrogen-bond donors (Lipinski definition) is 1. The average molecular weight is 238 g/mol. The van der Waals surface area contributed by atoms with Crippen molar-refractivity contribution in [2.45, 2.75) is 13.5 Å². The monoisotopic (exact) mass is 238 g/mol. The second-order valence-corrected chi connectivity index (χ2v) is 4.88. The molecule has 2 aromatic heterocycles. The number of aryl methyl sites for hydroxylation is 1. The Labute approximate surface area is 95.7 Å². The van der Waals surface area contributed by atoms with Gasteiger partial charge in [0.1, 0.15) is 4.83 Å². The van der Waals surface area contributed by atoms with Gasteiger partial charge in [-0.25, -0.2) is 0 Å². The van der Waals surface area contributed by atoms with Gasteiger partial charge in [-0.15, -0.1) is 17.9 Å². The van der Waals surface area contributed by atoms with Crippen LogP contribution in [0.15, 0.2) is 23.5 Å². The van der Waals surface area contributed by atoms with Gasteiger partial charge in [-0.1, -0.05) is 6.08 Å². The highest BCUT2D eigenvalue weighted by atomic mass is 32.1. The van der Waals surface area contributed by atoms with Crippen molar-refractivity contribution in [3.63, 3.8) is 0 Å². The molecule has 0 amide bonds. The van der Waals surface area contributed by atoms with Crippen LogP contribution >= 0.6 is 23.6 Å². The van der Waals surface area contributed by atoms with E-state index >= 15 is 0 Å². The first kappa shape index (κ1) is 10.3. The summed E-state index contributed by atoms with van der Waals surface area (Å²) in [5, 5.41) is 0.702. The van der Waals surface area contributed by atoms with Crippen LogP contribution in [0, 0.1) is 11.7 Å². The first-order valence-electron chi connectivity index (χ1n) is 4.47. The molecular formula is C10H10N2OS2. The van der Waals surface area contributed by atoms with E-state index in [4.69, 9.17) is 12.2 Å². The predicted molar refractivity (Wildman–Crippen MR) is 66.2 cm³/mol. The Morgan fingerprint density at radius 2 is 2.47 bits per heavy atom. The van der Waals surface area contributed by atoms with Gasteiger partial charge >= 0.3 is 0 Å². The molecule has 15 heavy (non-hydrogen) atoms. The van der Waals surface area contributed by atoms with Crippen LogP contribution in [0.4, 0.5) is 0 Å². The van der Waals surface area contributed by atoms with Gasteiger partial charge in [0.05, 0.1) is 5.39 Å². The first-order chi connectivity index (χ1) is 7.13. The van der Waals surface area contributed by atoms with Crippen LogP contribution in [0.5, 0.6) is 0 Å². The maximum absolute atomic E-state index is 12.0. The van der Waals surface area contributed by atoms with E-state index < -0.39 is 0 Å². The van der Waals surface area contributed by atoms with E-state index in [2.05, 4.69) is 11.6 Å². The van der Waals surface area contributed by atoms with Crippen LogP contribution in [-0.4, -0.2) is 9.55 Å². The van der Waals surface area contributed by atoms with Crippen molar-refractivity contribution in [3.05, 3.63) is 38.7 Å². The smallest absolute Gasteiger partial charge is 0.263 e. The zero-order chi connectivity index (χ0) is 11.0. The highest BCUT2D eigenvalue weighted by Gasteiger charge is 2.06. The Bertz CT molecular complexity index is 633. The minimum Gasteiger partial charge on any atom is -0.323 e. The molecule has 3 nitrogen and oxygen atoms in total. The van der Waals surface area contributed by atoms with Gasteiger partial charge in [0.2, 0.25) is 0 Å². The zero-order valence-corrected chi connectivity index (χ0v) is 9.87. The van der Waals surface area contributed by atoms with Crippen LogP contribution in [0.25, 0.3) is 10.2 Å². The number of fused-ring (bicyclic) bond motifs is 1. The molecule has 0 bridgehead atoms. The van der Waals surface area contributed by atoms with Gasteiger partial charge < -0.3 is 4.98 Å². The largest absolute Gasteiger partial charge is 0.323 e. The SMILES string of the molecule is C=CCn1c(=S)[nH]c2sc(C)cc2c1=O. The van der Waals surface area contributed by atoms with E-state index in [0.717, 1.165) is 9.71 Å². The Balaban J connectivity index is 2.89. The fourth-order valence-corrected chi connectivity index (χ4v) is 2.69. The molecule has 0 saturated carbocycles. The standard InChI is InChI=1S/C10H10N2OS2/c1-3-4-12-9(13)7-5-6(2)15-8(7)11-10(12)14/h3,5H,1,4H2,2H3,(H,11,14). The molecule has 2 aromatic rings. The summed E-state index contributed by atoms with van der Waals surface area (Å²) in [6.45, 7) is 6.02. The van der Waals surface area contributed by atoms with E-state index in [-0.39, 0.29) is 5.56 Å². The molecular weight excluding hydrogens is 228 g/mol. The third-order valence-electron chi connectivity index (χ3n) is 2.11.